The summed E-state index contributed by atoms with van der Waals surface area (Å²) in [6.07, 6.45) is 3.79. The van der Waals surface area contributed by atoms with Crippen LogP contribution in [-0.4, -0.2) is 16.1 Å². The van der Waals surface area contributed by atoms with E-state index in [4.69, 9.17) is 5.73 Å². The average Bonchev–Trinajstić information content (AvgIpc) is 2.77. The highest BCUT2D eigenvalue weighted by molar-refractivity contribution is 5.56. The summed E-state index contributed by atoms with van der Waals surface area (Å²) in [4.78, 5) is 4.40. The third-order valence-electron chi connectivity index (χ3n) is 3.09. The summed E-state index contributed by atoms with van der Waals surface area (Å²) >= 11 is 0. The van der Waals surface area contributed by atoms with Gasteiger partial charge in [-0.05, 0) is 11.0 Å². The number of hydrogen-bond acceptors (Lipinski definition) is 2. The highest BCUT2D eigenvalue weighted by Gasteiger charge is 2.13. The van der Waals surface area contributed by atoms with Crippen molar-refractivity contribution in [1.29, 1.82) is 0 Å². The molecule has 1 aromatic carbocycles. The van der Waals surface area contributed by atoms with Crippen molar-refractivity contribution in [2.75, 3.05) is 6.54 Å². The molecule has 2 rings (SSSR count). The van der Waals surface area contributed by atoms with Gasteiger partial charge in [-0.25, -0.2) is 4.98 Å². The Morgan fingerprint density at radius 2 is 1.83 bits per heavy atom. The molecule has 0 saturated heterocycles. The van der Waals surface area contributed by atoms with Gasteiger partial charge in [-0.3, -0.25) is 0 Å². The summed E-state index contributed by atoms with van der Waals surface area (Å²) < 4.78 is 2.09. The van der Waals surface area contributed by atoms with Crippen molar-refractivity contribution in [2.24, 2.45) is 5.73 Å². The second kappa shape index (κ2) is 4.94. The molecule has 0 amide bonds. The minimum Gasteiger partial charge on any atom is -0.330 e. The molecule has 0 saturated carbocycles. The van der Waals surface area contributed by atoms with Gasteiger partial charge in [-0.2, -0.15) is 0 Å². The van der Waals surface area contributed by atoms with Crippen LogP contribution in [0.3, 0.4) is 0 Å². The minimum absolute atomic E-state index is 0.186. The molecule has 2 N–H and O–H groups in total. The predicted octanol–water partition coefficient (Wildman–Crippen LogP) is 2.81. The lowest BCUT2D eigenvalue weighted by Gasteiger charge is -2.19. The van der Waals surface area contributed by atoms with E-state index in [2.05, 4.69) is 54.6 Å². The Hall–Kier alpha value is -1.61. The topological polar surface area (TPSA) is 43.8 Å². The lowest BCUT2D eigenvalue weighted by Crippen LogP contribution is -2.11. The molecule has 0 aliphatic heterocycles. The van der Waals surface area contributed by atoms with Crippen LogP contribution in [-0.2, 0) is 12.0 Å². The average molecular weight is 243 g/mol. The predicted molar refractivity (Wildman–Crippen MR) is 75.4 cm³/mol. The van der Waals surface area contributed by atoms with Gasteiger partial charge in [0.25, 0.3) is 0 Å². The molecule has 0 bridgehead atoms. The quantitative estimate of drug-likeness (QED) is 0.901. The summed E-state index contributed by atoms with van der Waals surface area (Å²) in [5.41, 5.74) is 8.26. The highest BCUT2D eigenvalue weighted by atomic mass is 15.1. The number of hydrogen-bond donors (Lipinski definition) is 1. The Morgan fingerprint density at radius 3 is 2.39 bits per heavy atom. The summed E-state index contributed by atoms with van der Waals surface area (Å²) in [6, 6.07) is 8.62. The van der Waals surface area contributed by atoms with Gasteiger partial charge in [-0.1, -0.05) is 45.0 Å². The number of nitrogens with zero attached hydrogens (tertiary/aromatic N) is 2. The summed E-state index contributed by atoms with van der Waals surface area (Å²) in [7, 11) is 0. The summed E-state index contributed by atoms with van der Waals surface area (Å²) in [6.45, 7) is 8.09. The molecular weight excluding hydrogens is 222 g/mol. The Bertz CT molecular complexity index is 503. The number of imidazole rings is 1. The monoisotopic (exact) mass is 243 g/mol. The van der Waals surface area contributed by atoms with Crippen molar-refractivity contribution >= 4 is 0 Å². The molecule has 0 spiro atoms. The standard InChI is InChI=1S/C15H21N3/c1-15(2,3)13-6-4-12(5-7-13)14-17-9-11-18(14)10-8-16/h4-7,9,11H,8,10,16H2,1-3H3. The van der Waals surface area contributed by atoms with Gasteiger partial charge in [-0.15, -0.1) is 0 Å². The molecule has 0 aliphatic rings. The van der Waals surface area contributed by atoms with Gasteiger partial charge in [0.15, 0.2) is 0 Å². The lowest BCUT2D eigenvalue weighted by molar-refractivity contribution is 0.590. The van der Waals surface area contributed by atoms with Crippen molar-refractivity contribution in [3.8, 4) is 11.4 Å². The molecule has 0 atom stereocenters. The first kappa shape index (κ1) is 12.8. The molecule has 0 aliphatic carbocycles. The van der Waals surface area contributed by atoms with Crippen LogP contribution in [0.1, 0.15) is 26.3 Å². The molecule has 3 nitrogen and oxygen atoms in total. The Kier molecular flexibility index (Phi) is 3.53. The normalized spacial score (nSPS) is 11.8. The second-order valence-electron chi connectivity index (χ2n) is 5.56. The van der Waals surface area contributed by atoms with E-state index in [-0.39, 0.29) is 5.41 Å². The fraction of sp³-hybridized carbons (Fsp3) is 0.400. The van der Waals surface area contributed by atoms with Gasteiger partial charge in [0, 0.05) is 31.0 Å². The van der Waals surface area contributed by atoms with Crippen LogP contribution in [0.2, 0.25) is 0 Å². The number of benzene rings is 1. The van der Waals surface area contributed by atoms with Crippen molar-refractivity contribution in [2.45, 2.75) is 32.7 Å². The summed E-state index contributed by atoms with van der Waals surface area (Å²) in [5, 5.41) is 0. The number of nitrogens with two attached hydrogens (primary N) is 1. The molecule has 2 aromatic rings. The van der Waals surface area contributed by atoms with E-state index in [1.807, 2.05) is 12.4 Å². The van der Waals surface area contributed by atoms with Crippen LogP contribution in [0, 0.1) is 0 Å². The van der Waals surface area contributed by atoms with Gasteiger partial charge in [0.05, 0.1) is 0 Å². The van der Waals surface area contributed by atoms with E-state index in [0.29, 0.717) is 6.54 Å². The zero-order valence-electron chi connectivity index (χ0n) is 11.4. The first-order valence-electron chi connectivity index (χ1n) is 6.34. The minimum atomic E-state index is 0.186. The maximum atomic E-state index is 5.60. The SMILES string of the molecule is CC(C)(C)c1ccc(-c2nccn2CCN)cc1. The van der Waals surface area contributed by atoms with E-state index in [9.17, 15) is 0 Å². The lowest BCUT2D eigenvalue weighted by atomic mass is 9.87. The number of rotatable bonds is 3. The molecule has 0 radical (unpaired) electrons. The van der Waals surface area contributed by atoms with E-state index in [1.54, 1.807) is 0 Å². The maximum Gasteiger partial charge on any atom is 0.139 e. The molecular formula is C15H21N3. The highest BCUT2D eigenvalue weighted by Crippen LogP contribution is 2.25. The van der Waals surface area contributed by atoms with Crippen molar-refractivity contribution < 1.29 is 0 Å². The Labute approximate surface area is 109 Å². The molecule has 0 fully saturated rings. The van der Waals surface area contributed by atoms with Gasteiger partial charge in [0.2, 0.25) is 0 Å². The van der Waals surface area contributed by atoms with E-state index in [1.165, 1.54) is 5.56 Å². The largest absolute Gasteiger partial charge is 0.330 e. The summed E-state index contributed by atoms with van der Waals surface area (Å²) in [5.74, 6) is 0.987. The van der Waals surface area contributed by atoms with Crippen molar-refractivity contribution in [3.05, 3.63) is 42.2 Å². The molecule has 1 heterocycles. The van der Waals surface area contributed by atoms with E-state index in [0.717, 1.165) is 17.9 Å². The van der Waals surface area contributed by atoms with Crippen LogP contribution < -0.4 is 5.73 Å². The van der Waals surface area contributed by atoms with Crippen molar-refractivity contribution in [1.82, 2.24) is 9.55 Å². The molecule has 3 heteroatoms. The fourth-order valence-corrected chi connectivity index (χ4v) is 2.01. The third-order valence-corrected chi connectivity index (χ3v) is 3.09. The maximum absolute atomic E-state index is 5.60. The van der Waals surface area contributed by atoms with Crippen LogP contribution in [0.15, 0.2) is 36.7 Å². The first-order chi connectivity index (χ1) is 8.52. The molecule has 0 unspecified atom stereocenters. The molecule has 1 aromatic heterocycles. The Morgan fingerprint density at radius 1 is 1.17 bits per heavy atom. The second-order valence-corrected chi connectivity index (χ2v) is 5.56. The van der Waals surface area contributed by atoms with E-state index >= 15 is 0 Å². The van der Waals surface area contributed by atoms with Crippen LogP contribution >= 0.6 is 0 Å². The van der Waals surface area contributed by atoms with Gasteiger partial charge >= 0.3 is 0 Å². The zero-order chi connectivity index (χ0) is 13.2. The first-order valence-corrected chi connectivity index (χ1v) is 6.34. The van der Waals surface area contributed by atoms with Crippen LogP contribution in [0.4, 0.5) is 0 Å². The Balaban J connectivity index is 2.32. The molecule has 18 heavy (non-hydrogen) atoms. The zero-order valence-corrected chi connectivity index (χ0v) is 11.4. The third kappa shape index (κ3) is 2.62. The van der Waals surface area contributed by atoms with E-state index < -0.39 is 0 Å². The van der Waals surface area contributed by atoms with Crippen LogP contribution in [0.25, 0.3) is 11.4 Å². The fourth-order valence-electron chi connectivity index (χ4n) is 2.01. The van der Waals surface area contributed by atoms with Gasteiger partial charge in [0.1, 0.15) is 5.82 Å². The molecule has 96 valence electrons. The smallest absolute Gasteiger partial charge is 0.139 e. The van der Waals surface area contributed by atoms with Crippen molar-refractivity contribution in [3.63, 3.8) is 0 Å². The number of aromatic nitrogens is 2. The van der Waals surface area contributed by atoms with Crippen LogP contribution in [0.5, 0.6) is 0 Å². The van der Waals surface area contributed by atoms with Gasteiger partial charge < -0.3 is 10.3 Å².